The largest absolute Gasteiger partial charge is 0.492 e. The van der Waals surface area contributed by atoms with E-state index in [1.165, 1.54) is 10.7 Å². The van der Waals surface area contributed by atoms with Crippen LogP contribution in [-0.4, -0.2) is 27.9 Å². The van der Waals surface area contributed by atoms with Gasteiger partial charge in [0.05, 0.1) is 12.8 Å². The van der Waals surface area contributed by atoms with Crippen LogP contribution in [0.3, 0.4) is 0 Å². The van der Waals surface area contributed by atoms with Gasteiger partial charge in [0, 0.05) is 25.0 Å². The molecule has 20 heavy (non-hydrogen) atoms. The first-order chi connectivity index (χ1) is 9.79. The first kappa shape index (κ1) is 14.2. The third-order valence-electron chi connectivity index (χ3n) is 2.82. The van der Waals surface area contributed by atoms with Gasteiger partial charge in [-0.1, -0.05) is 0 Å². The van der Waals surface area contributed by atoms with Gasteiger partial charge in [-0.2, -0.15) is 5.10 Å². The maximum absolute atomic E-state index is 11.9. The Kier molecular flexibility index (Phi) is 5.25. The van der Waals surface area contributed by atoms with Crippen LogP contribution in [0.25, 0.3) is 0 Å². The molecule has 0 unspecified atom stereocenters. The number of rotatable bonds is 7. The Balaban J connectivity index is 1.94. The fraction of sp³-hybridized carbons (Fsp3) is 0.357. The Morgan fingerprint density at radius 1 is 1.30 bits per heavy atom. The zero-order chi connectivity index (χ0) is 14.2. The second kappa shape index (κ2) is 7.40. The average Bonchev–Trinajstić information content (AvgIpc) is 2.48. The number of hydrogen-bond acceptors (Lipinski definition) is 5. The minimum atomic E-state index is -0.163. The van der Waals surface area contributed by atoms with Crippen LogP contribution in [0.2, 0.25) is 0 Å². The molecule has 0 fully saturated rings. The van der Waals surface area contributed by atoms with Crippen LogP contribution in [0.4, 0.5) is 0 Å². The van der Waals surface area contributed by atoms with Gasteiger partial charge in [0.15, 0.2) is 0 Å². The van der Waals surface area contributed by atoms with Gasteiger partial charge >= 0.3 is 0 Å². The maximum Gasteiger partial charge on any atom is 0.270 e. The second-order valence-corrected chi connectivity index (χ2v) is 4.35. The molecule has 0 radical (unpaired) electrons. The number of aromatic nitrogens is 3. The highest BCUT2D eigenvalue weighted by atomic mass is 16.5. The third kappa shape index (κ3) is 4.17. The lowest BCUT2D eigenvalue weighted by atomic mass is 10.2. The summed E-state index contributed by atoms with van der Waals surface area (Å²) in [4.78, 5) is 15.8. The quantitative estimate of drug-likeness (QED) is 0.748. The topological polar surface area (TPSA) is 83.0 Å². The van der Waals surface area contributed by atoms with Crippen molar-refractivity contribution in [1.29, 1.82) is 0 Å². The molecule has 0 spiro atoms. The van der Waals surface area contributed by atoms with E-state index < -0.39 is 0 Å². The average molecular weight is 274 g/mol. The van der Waals surface area contributed by atoms with Gasteiger partial charge in [-0.25, -0.2) is 4.68 Å². The molecule has 2 N–H and O–H groups in total. The number of pyridine rings is 1. The van der Waals surface area contributed by atoms with Crippen LogP contribution in [-0.2, 0) is 13.0 Å². The highest BCUT2D eigenvalue weighted by molar-refractivity contribution is 5.14. The summed E-state index contributed by atoms with van der Waals surface area (Å²) >= 11 is 0. The van der Waals surface area contributed by atoms with Gasteiger partial charge in [-0.3, -0.25) is 9.78 Å². The highest BCUT2D eigenvalue weighted by Gasteiger charge is 2.01. The summed E-state index contributed by atoms with van der Waals surface area (Å²) in [6, 6.07) is 5.31. The lowest BCUT2D eigenvalue weighted by molar-refractivity contribution is 0.309. The van der Waals surface area contributed by atoms with E-state index in [-0.39, 0.29) is 5.56 Å². The summed E-state index contributed by atoms with van der Waals surface area (Å²) in [6.45, 7) is 1.60. The van der Waals surface area contributed by atoms with Crippen LogP contribution < -0.4 is 16.0 Å². The van der Waals surface area contributed by atoms with Gasteiger partial charge in [0.2, 0.25) is 0 Å². The summed E-state index contributed by atoms with van der Waals surface area (Å²) in [5.41, 5.74) is 6.34. The van der Waals surface area contributed by atoms with Crippen molar-refractivity contribution >= 4 is 0 Å². The molecule has 0 aliphatic carbocycles. The van der Waals surface area contributed by atoms with Gasteiger partial charge in [0.1, 0.15) is 5.75 Å². The van der Waals surface area contributed by atoms with Crippen molar-refractivity contribution in [1.82, 2.24) is 14.8 Å². The first-order valence-electron chi connectivity index (χ1n) is 6.58. The molecular formula is C14H18N4O2. The fourth-order valence-electron chi connectivity index (χ4n) is 1.72. The number of nitrogens with zero attached hydrogens (tertiary/aromatic N) is 3. The number of hydrogen-bond donors (Lipinski definition) is 1. The Hall–Kier alpha value is -2.21. The second-order valence-electron chi connectivity index (χ2n) is 4.35. The molecule has 2 aromatic heterocycles. The first-order valence-corrected chi connectivity index (χ1v) is 6.58. The van der Waals surface area contributed by atoms with Crippen molar-refractivity contribution in [2.24, 2.45) is 5.73 Å². The molecule has 0 aliphatic rings. The van der Waals surface area contributed by atoms with E-state index in [4.69, 9.17) is 10.5 Å². The lowest BCUT2D eigenvalue weighted by Crippen LogP contribution is -2.23. The van der Waals surface area contributed by atoms with Gasteiger partial charge in [-0.15, -0.1) is 0 Å². The molecule has 0 aromatic carbocycles. The van der Waals surface area contributed by atoms with Crippen LogP contribution in [0, 0.1) is 0 Å². The summed E-state index contributed by atoms with van der Waals surface area (Å²) in [7, 11) is 0. The number of aryl methyl sites for hydroxylation is 2. The Labute approximate surface area is 117 Å². The number of ether oxygens (including phenoxy) is 1. The highest BCUT2D eigenvalue weighted by Crippen LogP contribution is 2.04. The fourth-order valence-corrected chi connectivity index (χ4v) is 1.72. The molecule has 6 heteroatoms. The van der Waals surface area contributed by atoms with Crippen molar-refractivity contribution in [2.75, 3.05) is 13.2 Å². The monoisotopic (exact) mass is 274 g/mol. The Bertz CT molecular complexity index is 583. The third-order valence-corrected chi connectivity index (χ3v) is 2.82. The van der Waals surface area contributed by atoms with Crippen LogP contribution in [0.1, 0.15) is 12.0 Å². The maximum atomic E-state index is 11.9. The zero-order valence-electron chi connectivity index (χ0n) is 11.2. The van der Waals surface area contributed by atoms with Gasteiger partial charge < -0.3 is 10.5 Å². The molecule has 0 amide bonds. The predicted octanol–water partition coefficient (Wildman–Crippen LogP) is 0.609. The predicted molar refractivity (Wildman–Crippen MR) is 75.6 cm³/mol. The zero-order valence-corrected chi connectivity index (χ0v) is 11.2. The van der Waals surface area contributed by atoms with Crippen LogP contribution >= 0.6 is 0 Å². The molecule has 0 bridgehead atoms. The Morgan fingerprint density at radius 3 is 2.80 bits per heavy atom. The number of nitrogens with two attached hydrogens (primary N) is 1. The van der Waals surface area contributed by atoms with Crippen molar-refractivity contribution < 1.29 is 4.74 Å². The van der Waals surface area contributed by atoms with Crippen molar-refractivity contribution in [3.63, 3.8) is 0 Å². The molecule has 0 atom stereocenters. The van der Waals surface area contributed by atoms with E-state index in [1.54, 1.807) is 18.6 Å². The lowest BCUT2D eigenvalue weighted by Gasteiger charge is -2.07. The van der Waals surface area contributed by atoms with E-state index in [0.29, 0.717) is 25.4 Å². The molecule has 106 valence electrons. The van der Waals surface area contributed by atoms with Crippen molar-refractivity contribution in [2.45, 2.75) is 19.4 Å². The van der Waals surface area contributed by atoms with Crippen LogP contribution in [0.5, 0.6) is 5.75 Å². The van der Waals surface area contributed by atoms with E-state index in [0.717, 1.165) is 18.4 Å². The Morgan fingerprint density at radius 2 is 2.10 bits per heavy atom. The standard InChI is InChI=1S/C14H18N4O2/c15-5-1-9-20-13-10-14(19)18(17-11-13)8-4-12-2-6-16-7-3-12/h2-3,6-7,10-11H,1,4-5,8-9,15H2. The summed E-state index contributed by atoms with van der Waals surface area (Å²) in [5, 5.41) is 4.10. The summed E-state index contributed by atoms with van der Waals surface area (Å²) < 4.78 is 6.81. The molecule has 0 saturated carbocycles. The molecule has 6 nitrogen and oxygen atoms in total. The smallest absolute Gasteiger partial charge is 0.270 e. The summed E-state index contributed by atoms with van der Waals surface area (Å²) in [6.07, 6.45) is 6.53. The summed E-state index contributed by atoms with van der Waals surface area (Å²) in [5.74, 6) is 0.489. The minimum Gasteiger partial charge on any atom is -0.492 e. The molecule has 2 heterocycles. The van der Waals surface area contributed by atoms with Gasteiger partial charge in [0.25, 0.3) is 5.56 Å². The molecule has 2 aromatic rings. The molecule has 0 saturated heterocycles. The van der Waals surface area contributed by atoms with Gasteiger partial charge in [-0.05, 0) is 37.1 Å². The van der Waals surface area contributed by atoms with E-state index in [9.17, 15) is 4.79 Å². The van der Waals surface area contributed by atoms with Crippen molar-refractivity contribution in [3.05, 3.63) is 52.7 Å². The van der Waals surface area contributed by atoms with E-state index in [1.807, 2.05) is 12.1 Å². The molecule has 2 rings (SSSR count). The molecular weight excluding hydrogens is 256 g/mol. The van der Waals surface area contributed by atoms with Crippen LogP contribution in [0.15, 0.2) is 41.6 Å². The van der Waals surface area contributed by atoms with E-state index in [2.05, 4.69) is 10.1 Å². The van der Waals surface area contributed by atoms with E-state index >= 15 is 0 Å². The molecule has 0 aliphatic heterocycles. The van der Waals surface area contributed by atoms with Crippen molar-refractivity contribution in [3.8, 4) is 5.75 Å². The minimum absolute atomic E-state index is 0.163. The normalized spacial score (nSPS) is 10.4. The SMILES string of the molecule is NCCCOc1cnn(CCc2ccncc2)c(=O)c1.